The van der Waals surface area contributed by atoms with Crippen molar-refractivity contribution in [2.24, 2.45) is 0 Å². The number of alkyl halides is 1. The van der Waals surface area contributed by atoms with Crippen LogP contribution in [0.2, 0.25) is 0 Å². The van der Waals surface area contributed by atoms with E-state index in [1.54, 1.807) is 6.07 Å². The summed E-state index contributed by atoms with van der Waals surface area (Å²) in [4.78, 5) is 10.8. The van der Waals surface area contributed by atoms with Crippen LogP contribution in [0.5, 0.6) is 0 Å². The fourth-order valence-electron chi connectivity index (χ4n) is 1.10. The second-order valence-corrected chi connectivity index (χ2v) is 4.13. The van der Waals surface area contributed by atoms with E-state index in [0.717, 1.165) is 15.6 Å². The number of aryl methyl sites for hydroxylation is 1. The molecule has 1 rings (SSSR count). The SMILES string of the molecule is Cc1cc(Br)c(CBr)c(C(=O)O)c1. The summed E-state index contributed by atoms with van der Waals surface area (Å²) in [5.74, 6) is -0.890. The summed E-state index contributed by atoms with van der Waals surface area (Å²) in [6, 6.07) is 3.58. The van der Waals surface area contributed by atoms with Crippen molar-refractivity contribution >= 4 is 37.8 Å². The molecule has 13 heavy (non-hydrogen) atoms. The van der Waals surface area contributed by atoms with Crippen LogP contribution in [-0.4, -0.2) is 11.1 Å². The second-order valence-electron chi connectivity index (χ2n) is 2.71. The Morgan fingerprint density at radius 1 is 1.54 bits per heavy atom. The molecule has 0 unspecified atom stereocenters. The van der Waals surface area contributed by atoms with Crippen LogP contribution in [0.25, 0.3) is 0 Å². The second kappa shape index (κ2) is 4.24. The molecule has 70 valence electrons. The maximum Gasteiger partial charge on any atom is 0.336 e. The van der Waals surface area contributed by atoms with Gasteiger partial charge >= 0.3 is 5.97 Å². The van der Waals surface area contributed by atoms with Crippen LogP contribution < -0.4 is 0 Å². The molecule has 0 amide bonds. The molecule has 0 aliphatic heterocycles. The molecule has 0 saturated carbocycles. The molecule has 0 aliphatic carbocycles. The van der Waals surface area contributed by atoms with Crippen molar-refractivity contribution in [3.05, 3.63) is 33.3 Å². The highest BCUT2D eigenvalue weighted by atomic mass is 79.9. The van der Waals surface area contributed by atoms with E-state index in [1.807, 2.05) is 13.0 Å². The Balaban J connectivity index is 3.38. The van der Waals surface area contributed by atoms with Gasteiger partial charge in [-0.2, -0.15) is 0 Å². The molecule has 0 atom stereocenters. The number of halogens is 2. The first-order valence-electron chi connectivity index (χ1n) is 3.64. The predicted octanol–water partition coefficient (Wildman–Crippen LogP) is 3.35. The molecule has 0 aromatic heterocycles. The molecule has 4 heteroatoms. The number of carboxylic acids is 1. The van der Waals surface area contributed by atoms with Gasteiger partial charge in [-0.3, -0.25) is 0 Å². The van der Waals surface area contributed by atoms with Gasteiger partial charge in [0.05, 0.1) is 5.56 Å². The smallest absolute Gasteiger partial charge is 0.336 e. The summed E-state index contributed by atoms with van der Waals surface area (Å²) in [7, 11) is 0. The normalized spacial score (nSPS) is 10.1. The molecule has 0 heterocycles. The van der Waals surface area contributed by atoms with Gasteiger partial charge in [0.25, 0.3) is 0 Å². The van der Waals surface area contributed by atoms with E-state index in [4.69, 9.17) is 5.11 Å². The van der Waals surface area contributed by atoms with Gasteiger partial charge in [-0.1, -0.05) is 31.9 Å². The molecular weight excluding hydrogens is 300 g/mol. The minimum atomic E-state index is -0.890. The van der Waals surface area contributed by atoms with E-state index < -0.39 is 5.97 Å². The Morgan fingerprint density at radius 2 is 2.15 bits per heavy atom. The molecule has 0 radical (unpaired) electrons. The van der Waals surface area contributed by atoms with Crippen molar-refractivity contribution < 1.29 is 9.90 Å². The zero-order valence-electron chi connectivity index (χ0n) is 6.97. The third-order valence-electron chi connectivity index (χ3n) is 1.70. The van der Waals surface area contributed by atoms with Crippen molar-refractivity contribution in [2.45, 2.75) is 12.3 Å². The molecule has 0 aliphatic rings. The average molecular weight is 308 g/mol. The van der Waals surface area contributed by atoms with Crippen LogP contribution in [0.4, 0.5) is 0 Å². The highest BCUT2D eigenvalue weighted by molar-refractivity contribution is 9.10. The number of hydrogen-bond donors (Lipinski definition) is 1. The molecule has 0 spiro atoms. The van der Waals surface area contributed by atoms with E-state index >= 15 is 0 Å². The Labute approximate surface area is 93.2 Å². The molecule has 1 aromatic rings. The van der Waals surface area contributed by atoms with Crippen LogP contribution in [0.1, 0.15) is 21.5 Å². The third-order valence-corrected chi connectivity index (χ3v) is 2.97. The lowest BCUT2D eigenvalue weighted by Crippen LogP contribution is -2.02. The van der Waals surface area contributed by atoms with E-state index in [9.17, 15) is 4.79 Å². The standard InChI is InChI=1S/C9H8Br2O2/c1-5-2-6(9(12)13)7(4-10)8(11)3-5/h2-3H,4H2,1H3,(H,12,13). The summed E-state index contributed by atoms with van der Waals surface area (Å²) in [5, 5.41) is 9.44. The summed E-state index contributed by atoms with van der Waals surface area (Å²) < 4.78 is 0.835. The fourth-order valence-corrected chi connectivity index (χ4v) is 2.79. The zero-order valence-corrected chi connectivity index (χ0v) is 10.1. The van der Waals surface area contributed by atoms with Crippen molar-refractivity contribution in [3.8, 4) is 0 Å². The minimum absolute atomic E-state index is 0.351. The van der Waals surface area contributed by atoms with E-state index in [0.29, 0.717) is 10.9 Å². The van der Waals surface area contributed by atoms with Gasteiger partial charge in [0, 0.05) is 9.80 Å². The lowest BCUT2D eigenvalue weighted by molar-refractivity contribution is 0.0696. The summed E-state index contributed by atoms with van der Waals surface area (Å²) >= 11 is 6.59. The van der Waals surface area contributed by atoms with Gasteiger partial charge in [-0.05, 0) is 30.2 Å². The van der Waals surface area contributed by atoms with Gasteiger partial charge in [-0.25, -0.2) is 4.79 Å². The first kappa shape index (κ1) is 10.7. The van der Waals surface area contributed by atoms with Crippen LogP contribution in [-0.2, 0) is 5.33 Å². The van der Waals surface area contributed by atoms with Gasteiger partial charge in [0.1, 0.15) is 0 Å². The summed E-state index contributed by atoms with van der Waals surface area (Å²) in [6.07, 6.45) is 0. The molecule has 2 nitrogen and oxygen atoms in total. The third kappa shape index (κ3) is 2.31. The van der Waals surface area contributed by atoms with Gasteiger partial charge in [-0.15, -0.1) is 0 Å². The fraction of sp³-hybridized carbons (Fsp3) is 0.222. The van der Waals surface area contributed by atoms with Crippen molar-refractivity contribution in [1.29, 1.82) is 0 Å². The van der Waals surface area contributed by atoms with E-state index in [1.165, 1.54) is 0 Å². The molecule has 0 fully saturated rings. The lowest BCUT2D eigenvalue weighted by atomic mass is 10.1. The summed E-state index contributed by atoms with van der Waals surface area (Å²) in [6.45, 7) is 1.87. The first-order chi connectivity index (χ1) is 6.06. The topological polar surface area (TPSA) is 37.3 Å². The van der Waals surface area contributed by atoms with Crippen molar-refractivity contribution in [3.63, 3.8) is 0 Å². The van der Waals surface area contributed by atoms with Crippen LogP contribution in [0.15, 0.2) is 16.6 Å². The molecule has 0 saturated heterocycles. The van der Waals surface area contributed by atoms with E-state index in [2.05, 4.69) is 31.9 Å². The van der Waals surface area contributed by atoms with Crippen LogP contribution in [0.3, 0.4) is 0 Å². The Hall–Kier alpha value is -0.350. The maximum atomic E-state index is 10.8. The number of carboxylic acid groups (broad SMARTS) is 1. The largest absolute Gasteiger partial charge is 0.478 e. The van der Waals surface area contributed by atoms with Gasteiger partial charge in [0.2, 0.25) is 0 Å². The van der Waals surface area contributed by atoms with Gasteiger partial charge < -0.3 is 5.11 Å². The molecule has 1 N–H and O–H groups in total. The average Bonchev–Trinajstić information content (AvgIpc) is 2.02. The van der Waals surface area contributed by atoms with Crippen molar-refractivity contribution in [1.82, 2.24) is 0 Å². The monoisotopic (exact) mass is 306 g/mol. The highest BCUT2D eigenvalue weighted by Gasteiger charge is 2.12. The maximum absolute atomic E-state index is 10.8. The number of carbonyl (C=O) groups is 1. The number of hydrogen-bond acceptors (Lipinski definition) is 1. The number of benzene rings is 1. The van der Waals surface area contributed by atoms with E-state index in [-0.39, 0.29) is 0 Å². The molecular formula is C9H8Br2O2. The quantitative estimate of drug-likeness (QED) is 0.851. The molecule has 0 bridgehead atoms. The van der Waals surface area contributed by atoms with Crippen molar-refractivity contribution in [2.75, 3.05) is 0 Å². The Kier molecular flexibility index (Phi) is 3.50. The van der Waals surface area contributed by atoms with Crippen LogP contribution in [0, 0.1) is 6.92 Å². The summed E-state index contributed by atoms with van der Waals surface area (Å²) in [5.41, 5.74) is 2.07. The predicted molar refractivity (Wildman–Crippen MR) is 58.5 cm³/mol. The van der Waals surface area contributed by atoms with Crippen LogP contribution >= 0.6 is 31.9 Å². The first-order valence-corrected chi connectivity index (χ1v) is 5.56. The highest BCUT2D eigenvalue weighted by Crippen LogP contribution is 2.25. The number of aromatic carboxylic acids is 1. The Morgan fingerprint density at radius 3 is 2.62 bits per heavy atom. The number of rotatable bonds is 2. The van der Waals surface area contributed by atoms with Gasteiger partial charge in [0.15, 0.2) is 0 Å². The lowest BCUT2D eigenvalue weighted by Gasteiger charge is -2.06. The minimum Gasteiger partial charge on any atom is -0.478 e. The molecule has 1 aromatic carbocycles. The zero-order chi connectivity index (χ0) is 10.0. The Bertz CT molecular complexity index is 348.